The average molecular weight is 886 g/mol. The number of carbonyl (C=O) groups excluding carboxylic acids is 3. The first-order valence-electron chi connectivity index (χ1n) is 26.8. The molecular formula is C54H99N3O6. The van der Waals surface area contributed by atoms with E-state index in [0.717, 1.165) is 116 Å². The number of amides is 1. The van der Waals surface area contributed by atoms with Crippen molar-refractivity contribution < 1.29 is 29.0 Å². The predicted octanol–water partition coefficient (Wildman–Crippen LogP) is 14.0. The van der Waals surface area contributed by atoms with Crippen LogP contribution in [0.4, 0.5) is 0 Å². The van der Waals surface area contributed by atoms with Gasteiger partial charge < -0.3 is 24.8 Å². The van der Waals surface area contributed by atoms with Crippen LogP contribution in [0.15, 0.2) is 24.4 Å². The topological polar surface area (TPSA) is 118 Å². The summed E-state index contributed by atoms with van der Waals surface area (Å²) in [4.78, 5) is 44.0. The standard InChI is InChI=1S/C54H99N3O6/c1-4-7-10-13-16-17-18-24-36-47-62-52(59)41-29-25-35-46-57(48-49(58)37-30-32-44-56-54(61)51-40-31-33-43-55-51)45-34-23-19-22-28-42-53(60)63-50(38-26-20-14-11-8-5-2)39-27-21-15-12-9-6-3/h31,33,40,43,49-50,58H,4-30,32,34-39,41-42,44-48H2,1-3H3,(H,56,61). The second-order valence-corrected chi connectivity index (χ2v) is 18.5. The SMILES string of the molecule is CCCCCCCCCCCOC(=O)CCCCCN(CCCCCCCC(=O)OC(CCCCCCCC)CCCCCCCC)CC(O)CCCCNC(=O)c1ccccn1. The van der Waals surface area contributed by atoms with Crippen molar-refractivity contribution in [3.8, 4) is 0 Å². The van der Waals surface area contributed by atoms with Gasteiger partial charge in [-0.2, -0.15) is 0 Å². The minimum atomic E-state index is -0.426. The molecule has 0 fully saturated rings. The van der Waals surface area contributed by atoms with Crippen LogP contribution < -0.4 is 5.32 Å². The fourth-order valence-corrected chi connectivity index (χ4v) is 8.38. The molecule has 1 rings (SSSR count). The molecule has 1 aromatic rings. The van der Waals surface area contributed by atoms with Crippen molar-refractivity contribution in [2.75, 3.05) is 32.8 Å². The van der Waals surface area contributed by atoms with Crippen molar-refractivity contribution in [2.45, 2.75) is 264 Å². The Balaban J connectivity index is 2.41. The molecule has 366 valence electrons. The number of aliphatic hydroxyl groups is 1. The van der Waals surface area contributed by atoms with Gasteiger partial charge in [0.25, 0.3) is 5.91 Å². The number of hydrogen-bond acceptors (Lipinski definition) is 8. The molecule has 0 bridgehead atoms. The van der Waals surface area contributed by atoms with Crippen LogP contribution in [0.25, 0.3) is 0 Å². The molecule has 1 aromatic heterocycles. The Labute approximate surface area is 387 Å². The quantitative estimate of drug-likeness (QED) is 0.0491. The Kier molecular flexibility index (Phi) is 41.5. The fourth-order valence-electron chi connectivity index (χ4n) is 8.38. The van der Waals surface area contributed by atoms with Crippen LogP contribution in [0.2, 0.25) is 0 Å². The lowest BCUT2D eigenvalue weighted by atomic mass is 10.0. The van der Waals surface area contributed by atoms with Crippen LogP contribution in [0.3, 0.4) is 0 Å². The average Bonchev–Trinajstić information content (AvgIpc) is 3.28. The number of esters is 2. The number of aromatic nitrogens is 1. The van der Waals surface area contributed by atoms with Crippen LogP contribution in [-0.2, 0) is 19.1 Å². The Morgan fingerprint density at radius 2 is 1.05 bits per heavy atom. The second kappa shape index (κ2) is 44.7. The van der Waals surface area contributed by atoms with E-state index in [1.165, 1.54) is 109 Å². The molecule has 0 aromatic carbocycles. The highest BCUT2D eigenvalue weighted by atomic mass is 16.5. The summed E-state index contributed by atoms with van der Waals surface area (Å²) in [5, 5.41) is 13.9. The number of rotatable bonds is 47. The monoisotopic (exact) mass is 886 g/mol. The van der Waals surface area contributed by atoms with E-state index in [1.54, 1.807) is 24.4 Å². The molecule has 0 saturated heterocycles. The maximum atomic E-state index is 12.9. The lowest BCUT2D eigenvalue weighted by Crippen LogP contribution is -2.34. The normalized spacial score (nSPS) is 12.0. The van der Waals surface area contributed by atoms with Gasteiger partial charge in [0.05, 0.1) is 12.7 Å². The molecule has 1 heterocycles. The largest absolute Gasteiger partial charge is 0.466 e. The summed E-state index contributed by atoms with van der Waals surface area (Å²) in [6.07, 6.45) is 41.0. The molecule has 0 aliphatic carbocycles. The van der Waals surface area contributed by atoms with Gasteiger partial charge in [0.15, 0.2) is 0 Å². The number of aliphatic hydroxyl groups excluding tert-OH is 1. The number of pyridine rings is 1. The van der Waals surface area contributed by atoms with Crippen LogP contribution in [0, 0.1) is 0 Å². The molecule has 0 aliphatic heterocycles. The molecule has 0 radical (unpaired) electrons. The number of carbonyl (C=O) groups is 3. The van der Waals surface area contributed by atoms with Gasteiger partial charge in [-0.1, -0.05) is 168 Å². The molecule has 0 aliphatic rings. The number of ether oxygens (including phenoxy) is 2. The Bertz CT molecular complexity index is 1150. The summed E-state index contributed by atoms with van der Waals surface area (Å²) in [5.74, 6) is -0.257. The minimum absolute atomic E-state index is 0.0141. The molecule has 1 amide bonds. The zero-order chi connectivity index (χ0) is 45.7. The molecule has 0 saturated carbocycles. The Morgan fingerprint density at radius 1 is 0.571 bits per heavy atom. The van der Waals surface area contributed by atoms with Gasteiger partial charge in [-0.25, -0.2) is 0 Å². The summed E-state index contributed by atoms with van der Waals surface area (Å²) < 4.78 is 11.6. The van der Waals surface area contributed by atoms with Gasteiger partial charge in [-0.15, -0.1) is 0 Å². The Morgan fingerprint density at radius 3 is 1.60 bits per heavy atom. The van der Waals surface area contributed by atoms with Crippen molar-refractivity contribution in [2.24, 2.45) is 0 Å². The summed E-state index contributed by atoms with van der Waals surface area (Å²) in [7, 11) is 0. The van der Waals surface area contributed by atoms with E-state index in [4.69, 9.17) is 9.47 Å². The highest BCUT2D eigenvalue weighted by Gasteiger charge is 2.16. The lowest BCUT2D eigenvalue weighted by molar-refractivity contribution is -0.150. The number of hydrogen-bond donors (Lipinski definition) is 2. The smallest absolute Gasteiger partial charge is 0.306 e. The zero-order valence-electron chi connectivity index (χ0n) is 41.3. The maximum Gasteiger partial charge on any atom is 0.306 e. The van der Waals surface area contributed by atoms with Crippen molar-refractivity contribution in [3.63, 3.8) is 0 Å². The van der Waals surface area contributed by atoms with E-state index in [1.807, 2.05) is 0 Å². The van der Waals surface area contributed by atoms with Gasteiger partial charge in [0.2, 0.25) is 0 Å². The van der Waals surface area contributed by atoms with Crippen molar-refractivity contribution in [1.29, 1.82) is 0 Å². The molecule has 9 nitrogen and oxygen atoms in total. The van der Waals surface area contributed by atoms with Gasteiger partial charge in [-0.3, -0.25) is 19.4 Å². The third-order valence-corrected chi connectivity index (χ3v) is 12.4. The van der Waals surface area contributed by atoms with Crippen LogP contribution >= 0.6 is 0 Å². The Hall–Kier alpha value is -2.52. The predicted molar refractivity (Wildman–Crippen MR) is 263 cm³/mol. The minimum Gasteiger partial charge on any atom is -0.466 e. The third-order valence-electron chi connectivity index (χ3n) is 12.4. The molecule has 0 spiro atoms. The molecule has 63 heavy (non-hydrogen) atoms. The number of nitrogens with zero attached hydrogens (tertiary/aromatic N) is 2. The van der Waals surface area contributed by atoms with Crippen molar-refractivity contribution in [1.82, 2.24) is 15.2 Å². The summed E-state index contributed by atoms with van der Waals surface area (Å²) >= 11 is 0. The van der Waals surface area contributed by atoms with E-state index >= 15 is 0 Å². The zero-order valence-corrected chi connectivity index (χ0v) is 41.3. The highest BCUT2D eigenvalue weighted by Crippen LogP contribution is 2.19. The number of nitrogens with one attached hydrogen (secondary N) is 1. The van der Waals surface area contributed by atoms with Crippen molar-refractivity contribution in [3.05, 3.63) is 30.1 Å². The van der Waals surface area contributed by atoms with Crippen LogP contribution in [0.5, 0.6) is 0 Å². The summed E-state index contributed by atoms with van der Waals surface area (Å²) in [6.45, 7) is 10.3. The molecule has 1 unspecified atom stereocenters. The summed E-state index contributed by atoms with van der Waals surface area (Å²) in [6, 6.07) is 5.31. The first-order valence-corrected chi connectivity index (χ1v) is 26.8. The fraction of sp³-hybridized carbons (Fsp3) is 0.852. The van der Waals surface area contributed by atoms with E-state index in [-0.39, 0.29) is 23.9 Å². The van der Waals surface area contributed by atoms with E-state index in [9.17, 15) is 19.5 Å². The highest BCUT2D eigenvalue weighted by molar-refractivity contribution is 5.92. The molecule has 2 N–H and O–H groups in total. The van der Waals surface area contributed by atoms with E-state index in [0.29, 0.717) is 44.7 Å². The first-order chi connectivity index (χ1) is 30.9. The third kappa shape index (κ3) is 38.5. The van der Waals surface area contributed by atoms with Crippen LogP contribution in [-0.4, -0.2) is 77.8 Å². The van der Waals surface area contributed by atoms with Crippen LogP contribution in [0.1, 0.15) is 262 Å². The summed E-state index contributed by atoms with van der Waals surface area (Å²) in [5.41, 5.74) is 0.419. The molecule has 9 heteroatoms. The van der Waals surface area contributed by atoms with Gasteiger partial charge in [-0.05, 0) is 102 Å². The lowest BCUT2D eigenvalue weighted by Gasteiger charge is -2.25. The van der Waals surface area contributed by atoms with Gasteiger partial charge in [0.1, 0.15) is 11.8 Å². The van der Waals surface area contributed by atoms with E-state index < -0.39 is 6.10 Å². The van der Waals surface area contributed by atoms with Gasteiger partial charge >= 0.3 is 11.9 Å². The maximum absolute atomic E-state index is 12.9. The molecular weight excluding hydrogens is 787 g/mol. The molecule has 1 atom stereocenters. The second-order valence-electron chi connectivity index (χ2n) is 18.5. The van der Waals surface area contributed by atoms with E-state index in [2.05, 4.69) is 36.0 Å². The van der Waals surface area contributed by atoms with Crippen molar-refractivity contribution >= 4 is 17.8 Å². The number of unbranched alkanes of at least 4 members (excludes halogenated alkanes) is 25. The first kappa shape index (κ1) is 58.5. The van der Waals surface area contributed by atoms with Gasteiger partial charge in [0, 0.05) is 32.1 Å².